The van der Waals surface area contributed by atoms with E-state index in [0.29, 0.717) is 37.0 Å². The lowest BCUT2D eigenvalue weighted by Crippen LogP contribution is -2.49. The van der Waals surface area contributed by atoms with Crippen LogP contribution in [0.5, 0.6) is 11.6 Å². The number of benzene rings is 1. The maximum absolute atomic E-state index is 15.1. The molecule has 2 aromatic rings. The number of fused-ring (bicyclic) bond motifs is 3. The molecule has 6 rings (SSSR count). The summed E-state index contributed by atoms with van der Waals surface area (Å²) in [6.07, 6.45) is 4.97. The Bertz CT molecular complexity index is 2140. The monoisotopic (exact) mass is 865 g/mol. The molecule has 1 aromatic heterocycles. The number of carbonyl (C=O) groups is 4. The highest BCUT2D eigenvalue weighted by Gasteiger charge is 2.63. The summed E-state index contributed by atoms with van der Waals surface area (Å²) in [7, 11) is -4.42. The fourth-order valence-corrected chi connectivity index (χ4v) is 9.95. The number of carbonyl (C=O) groups excluding carboxylic acids is 4. The predicted molar refractivity (Wildman–Crippen MR) is 213 cm³/mol. The van der Waals surface area contributed by atoms with Gasteiger partial charge in [0.25, 0.3) is 5.92 Å². The summed E-state index contributed by atoms with van der Waals surface area (Å²) in [6, 6.07) is 3.11. The van der Waals surface area contributed by atoms with Gasteiger partial charge in [-0.1, -0.05) is 26.0 Å². The van der Waals surface area contributed by atoms with E-state index >= 15 is 4.39 Å². The third kappa shape index (κ3) is 9.15. The quantitative estimate of drug-likeness (QED) is 0.133. The first-order valence-corrected chi connectivity index (χ1v) is 22.1. The molecule has 1 saturated heterocycles. The Hall–Kier alpha value is -4.28. The molecule has 330 valence electrons. The number of nitrogens with one attached hydrogen (secondary N) is 1. The van der Waals surface area contributed by atoms with E-state index in [1.807, 2.05) is 13.0 Å². The number of allylic oxidation sites excluding steroid dienone is 2. The lowest BCUT2D eigenvalue weighted by molar-refractivity contribution is -0.197. The number of alkyl halides is 3. The SMILES string of the molecule is CCOc1cc2ccnc(O[C@@H]3C[C@H]4C(=O)C[C@]5(C(=O)NS(=O)(=O)C6(CF)CC6)C[C@H]5/C=C\CC[C@@H](C)C[C@@H](C)[C@H](CC(=O)OC(C)(C)C(C)(F)F)C(=O)N4C3)c2cc1F. The van der Waals surface area contributed by atoms with E-state index < -0.39 is 111 Å². The Kier molecular flexibility index (Phi) is 12.7. The molecule has 0 bridgehead atoms. The van der Waals surface area contributed by atoms with Gasteiger partial charge in [-0.3, -0.25) is 23.9 Å². The number of halogens is 4. The molecule has 0 spiro atoms. The number of nitrogens with zero attached hydrogens (tertiary/aromatic N) is 2. The van der Waals surface area contributed by atoms with Gasteiger partial charge >= 0.3 is 5.97 Å². The normalized spacial score (nSPS) is 29.1. The van der Waals surface area contributed by atoms with Crippen LogP contribution in [0.1, 0.15) is 99.3 Å². The third-order valence-corrected chi connectivity index (χ3v) is 15.1. The Morgan fingerprint density at radius 1 is 1.10 bits per heavy atom. The van der Waals surface area contributed by atoms with Gasteiger partial charge in [-0.05, 0) is 101 Å². The van der Waals surface area contributed by atoms with Crippen LogP contribution < -0.4 is 14.2 Å². The van der Waals surface area contributed by atoms with Crippen LogP contribution in [0.15, 0.2) is 36.5 Å². The van der Waals surface area contributed by atoms with Gasteiger partial charge in [0.05, 0.1) is 36.9 Å². The average Bonchev–Trinajstić information content (AvgIpc) is 4.06. The van der Waals surface area contributed by atoms with Crippen molar-refractivity contribution in [3.05, 3.63) is 42.4 Å². The summed E-state index contributed by atoms with van der Waals surface area (Å²) in [5.74, 6) is -9.30. The first kappa shape index (κ1) is 45.3. The first-order chi connectivity index (χ1) is 28.1. The van der Waals surface area contributed by atoms with Crippen LogP contribution in [-0.2, 0) is 33.9 Å². The molecule has 2 saturated carbocycles. The molecule has 12 nitrogen and oxygen atoms in total. The Morgan fingerprint density at radius 2 is 1.82 bits per heavy atom. The number of sulfonamides is 1. The summed E-state index contributed by atoms with van der Waals surface area (Å²) in [5, 5.41) is 0.841. The number of aromatic nitrogens is 1. The lowest BCUT2D eigenvalue weighted by Gasteiger charge is -2.34. The standard InChI is InChI=1S/C43H55F4N3O9S/c1-7-57-35-17-27-12-15-48-37(31(27)19-32(35)45)58-29-18-33-34(51)22-43(39(54)49-60(55,56)42(24-44)13-14-42)21-28(43)11-9-8-10-25(2)16-26(3)30(38(53)50(33)23-29)20-36(52)59-40(4,5)41(6,46)47/h9,11-12,15,17,19,25-26,28-30,33H,7-8,10,13-14,16,18,20-24H2,1-6H3,(H,49,54)/b11-9-/t25-,26-,28-,29-,30+,33+,43-/m1/s1. The van der Waals surface area contributed by atoms with Crippen molar-refractivity contribution >= 4 is 44.4 Å². The fraction of sp³-hybridized carbons (Fsp3) is 0.651. The zero-order valence-electron chi connectivity index (χ0n) is 34.9. The molecule has 0 radical (unpaired) electrons. The van der Waals surface area contributed by atoms with E-state index in [9.17, 15) is 40.8 Å². The fourth-order valence-electron chi connectivity index (χ4n) is 8.50. The third-order valence-electron chi connectivity index (χ3n) is 13.0. The van der Waals surface area contributed by atoms with Crippen molar-refractivity contribution in [1.82, 2.24) is 14.6 Å². The van der Waals surface area contributed by atoms with Crippen LogP contribution in [0.2, 0.25) is 0 Å². The Balaban J connectivity index is 1.36. The van der Waals surface area contributed by atoms with Crippen LogP contribution in [0.25, 0.3) is 10.8 Å². The molecule has 0 unspecified atom stereocenters. The predicted octanol–water partition coefficient (Wildman–Crippen LogP) is 7.03. The van der Waals surface area contributed by atoms with E-state index in [0.717, 1.165) is 13.8 Å². The number of hydrogen-bond acceptors (Lipinski definition) is 10. The maximum atomic E-state index is 15.1. The number of Topliss-reactive ketones (excluding diaryl/α,β-unsaturated/α-hetero) is 1. The van der Waals surface area contributed by atoms with Crippen molar-refractivity contribution in [3.63, 3.8) is 0 Å². The van der Waals surface area contributed by atoms with Gasteiger partial charge in [-0.2, -0.15) is 0 Å². The number of amides is 2. The molecule has 2 aliphatic carbocycles. The van der Waals surface area contributed by atoms with E-state index in [2.05, 4.69) is 9.71 Å². The number of ketones is 1. The van der Waals surface area contributed by atoms with Gasteiger partial charge < -0.3 is 19.1 Å². The van der Waals surface area contributed by atoms with Crippen LogP contribution in [-0.4, -0.2) is 90.1 Å². The molecule has 7 atom stereocenters. The summed E-state index contributed by atoms with van der Waals surface area (Å²) in [4.78, 5) is 62.6. The highest BCUT2D eigenvalue weighted by Crippen LogP contribution is 2.58. The van der Waals surface area contributed by atoms with Crippen molar-refractivity contribution in [1.29, 1.82) is 0 Å². The second kappa shape index (κ2) is 16.9. The number of esters is 1. The van der Waals surface area contributed by atoms with Crippen molar-refractivity contribution in [2.75, 3.05) is 19.8 Å². The summed E-state index contributed by atoms with van der Waals surface area (Å²) in [6.45, 7) is 7.13. The van der Waals surface area contributed by atoms with Gasteiger partial charge in [0, 0.05) is 31.3 Å². The zero-order chi connectivity index (χ0) is 44.0. The molecular weight excluding hydrogens is 811 g/mol. The minimum absolute atomic E-state index is 0.0125. The second-order valence-electron chi connectivity index (χ2n) is 17.9. The molecule has 1 aromatic carbocycles. The van der Waals surface area contributed by atoms with Crippen molar-refractivity contribution < 1.29 is 59.4 Å². The van der Waals surface area contributed by atoms with E-state index in [1.54, 1.807) is 26.0 Å². The average molecular weight is 866 g/mol. The minimum atomic E-state index is -4.42. The maximum Gasteiger partial charge on any atom is 0.307 e. The smallest absolute Gasteiger partial charge is 0.307 e. The summed E-state index contributed by atoms with van der Waals surface area (Å²) < 4.78 is 102. The Morgan fingerprint density at radius 3 is 2.47 bits per heavy atom. The van der Waals surface area contributed by atoms with Crippen molar-refractivity contribution in [3.8, 4) is 11.6 Å². The Labute approximate surface area is 348 Å². The molecule has 3 heterocycles. The van der Waals surface area contributed by atoms with E-state index in [4.69, 9.17) is 14.2 Å². The number of ether oxygens (including phenoxy) is 3. The zero-order valence-corrected chi connectivity index (χ0v) is 35.7. The van der Waals surface area contributed by atoms with Gasteiger partial charge in [0.1, 0.15) is 17.5 Å². The van der Waals surface area contributed by atoms with Gasteiger partial charge in [-0.15, -0.1) is 0 Å². The largest absolute Gasteiger partial charge is 0.491 e. The molecule has 1 N–H and O–H groups in total. The summed E-state index contributed by atoms with van der Waals surface area (Å²) in [5.41, 5.74) is -3.70. The van der Waals surface area contributed by atoms with E-state index in [1.165, 1.54) is 23.2 Å². The number of rotatable bonds is 12. The summed E-state index contributed by atoms with van der Waals surface area (Å²) >= 11 is 0. The van der Waals surface area contributed by atoms with E-state index in [-0.39, 0.29) is 56.4 Å². The molecular formula is C43H55F4N3O9S. The first-order valence-electron chi connectivity index (χ1n) is 20.7. The van der Waals surface area contributed by atoms with Gasteiger partial charge in [0.15, 0.2) is 23.0 Å². The lowest BCUT2D eigenvalue weighted by atomic mass is 9.82. The highest BCUT2D eigenvalue weighted by atomic mass is 32.2. The van der Waals surface area contributed by atoms with Crippen molar-refractivity contribution in [2.45, 2.75) is 128 Å². The highest BCUT2D eigenvalue weighted by molar-refractivity contribution is 7.91. The van der Waals surface area contributed by atoms with Crippen LogP contribution >= 0.6 is 0 Å². The van der Waals surface area contributed by atoms with Gasteiger partial charge in [0.2, 0.25) is 27.7 Å². The number of hydrogen-bond donors (Lipinski definition) is 1. The van der Waals surface area contributed by atoms with Crippen LogP contribution in [0, 0.1) is 34.9 Å². The topological polar surface area (TPSA) is 158 Å². The van der Waals surface area contributed by atoms with Crippen LogP contribution in [0.4, 0.5) is 17.6 Å². The second-order valence-corrected chi connectivity index (χ2v) is 20.0. The van der Waals surface area contributed by atoms with Crippen LogP contribution in [0.3, 0.4) is 0 Å². The number of pyridine rings is 1. The minimum Gasteiger partial charge on any atom is -0.491 e. The molecule has 17 heteroatoms. The van der Waals surface area contributed by atoms with Gasteiger partial charge in [-0.25, -0.2) is 31.0 Å². The molecule has 60 heavy (non-hydrogen) atoms. The van der Waals surface area contributed by atoms with Crippen molar-refractivity contribution in [2.24, 2.45) is 29.1 Å². The molecule has 4 aliphatic rings. The molecule has 2 aliphatic heterocycles. The molecule has 3 fully saturated rings. The molecule has 2 amide bonds.